The van der Waals surface area contributed by atoms with Crippen LogP contribution >= 0.6 is 0 Å². The molecule has 13 heterocycles. The smallest absolute Gasteiger partial charge is 0.420 e. The van der Waals surface area contributed by atoms with Crippen LogP contribution in [0.3, 0.4) is 0 Å². The second-order valence-corrected chi connectivity index (χ2v) is 25.5. The molecule has 0 bridgehead atoms. The second kappa shape index (κ2) is 27.4. The number of oxazole rings is 1. The van der Waals surface area contributed by atoms with Crippen molar-refractivity contribution in [3.05, 3.63) is 165 Å². The van der Waals surface area contributed by atoms with Gasteiger partial charge in [0.15, 0.2) is 12.2 Å². The number of hydrogen-bond acceptors (Lipinski definition) is 23. The van der Waals surface area contributed by atoms with Gasteiger partial charge in [-0.25, -0.2) is 49.8 Å². The molecule has 6 aliphatic rings. The highest BCUT2D eigenvalue weighted by Gasteiger charge is 2.41. The molecule has 4 aliphatic heterocycles. The molecule has 2 aliphatic carbocycles. The number of piperidine rings is 3. The van der Waals surface area contributed by atoms with Crippen molar-refractivity contribution in [1.82, 2.24) is 81.1 Å². The molecule has 0 radical (unpaired) electrons. The average molecular weight is 1370 g/mol. The minimum Gasteiger partial charge on any atom is -0.442 e. The van der Waals surface area contributed by atoms with E-state index < -0.39 is 35.2 Å². The minimum atomic E-state index is -4.62. The molecule has 3 saturated heterocycles. The van der Waals surface area contributed by atoms with E-state index in [1.165, 1.54) is 12.7 Å². The van der Waals surface area contributed by atoms with Crippen molar-refractivity contribution in [2.45, 2.75) is 148 Å². The number of nitrogens with one attached hydrogen (secondary N) is 6. The van der Waals surface area contributed by atoms with Gasteiger partial charge >= 0.3 is 18.5 Å². The summed E-state index contributed by atoms with van der Waals surface area (Å²) < 4.78 is 140. The van der Waals surface area contributed by atoms with E-state index in [-0.39, 0.29) is 70.8 Å². The Kier molecular flexibility index (Phi) is 18.7. The summed E-state index contributed by atoms with van der Waals surface area (Å²) in [6, 6.07) is 10.9. The first-order valence-electron chi connectivity index (χ1n) is 32.2. The van der Waals surface area contributed by atoms with Crippen molar-refractivity contribution in [2.24, 2.45) is 4.99 Å². The van der Waals surface area contributed by atoms with E-state index >= 15 is 0 Å². The number of anilines is 3. The van der Waals surface area contributed by atoms with Gasteiger partial charge in [0.05, 0.1) is 63.4 Å². The fourth-order valence-corrected chi connectivity index (χ4v) is 12.5. The lowest BCUT2D eigenvalue weighted by molar-refractivity contribution is -0.139. The largest absolute Gasteiger partial charge is 0.442 e. The third-order valence-corrected chi connectivity index (χ3v) is 17.8. The fraction of sp³-hybridized carbons (Fsp3) is 0.403. The number of aryl methyl sites for hydroxylation is 3. The number of pyridine rings is 3. The van der Waals surface area contributed by atoms with E-state index in [1.807, 2.05) is 6.92 Å². The molecule has 23 nitrogen and oxygen atoms in total. The van der Waals surface area contributed by atoms with E-state index in [4.69, 9.17) is 13.5 Å². The number of fused-ring (bicyclic) bond motifs is 3. The Hall–Kier alpha value is -9.95. The van der Waals surface area contributed by atoms with E-state index in [0.717, 1.165) is 75.8 Å². The molecule has 0 spiro atoms. The van der Waals surface area contributed by atoms with Crippen LogP contribution in [0.15, 0.2) is 98.3 Å². The first-order chi connectivity index (χ1) is 47.3. The van der Waals surface area contributed by atoms with Gasteiger partial charge in [0.1, 0.15) is 40.0 Å². The Morgan fingerprint density at radius 1 is 0.556 bits per heavy atom. The maximum Gasteiger partial charge on any atom is 0.420 e. The topological polar surface area (TPSA) is 292 Å². The summed E-state index contributed by atoms with van der Waals surface area (Å²) >= 11 is 0. The molecule has 32 heteroatoms. The Bertz CT molecular complexity index is 4550. The molecule has 9 aromatic heterocycles. The van der Waals surface area contributed by atoms with Gasteiger partial charge in [0.2, 0.25) is 29.6 Å². The van der Waals surface area contributed by atoms with Crippen LogP contribution in [0.2, 0.25) is 0 Å². The van der Waals surface area contributed by atoms with Crippen LogP contribution in [-0.2, 0) is 37.9 Å². The monoisotopic (exact) mass is 1370 g/mol. The van der Waals surface area contributed by atoms with Crippen LogP contribution < -0.4 is 31.9 Å². The number of allylic oxidation sites excluding steroid dienone is 2. The average Bonchev–Trinajstić information content (AvgIpc) is 1.70. The molecule has 0 amide bonds. The highest BCUT2D eigenvalue weighted by atomic mass is 19.4. The summed E-state index contributed by atoms with van der Waals surface area (Å²) in [5.41, 5.74) is 5.26. The predicted molar refractivity (Wildman–Crippen MR) is 346 cm³/mol. The first-order valence-corrected chi connectivity index (χ1v) is 32.2. The van der Waals surface area contributed by atoms with Crippen molar-refractivity contribution in [1.29, 1.82) is 0 Å². The zero-order valence-corrected chi connectivity index (χ0v) is 54.4. The highest BCUT2D eigenvalue weighted by molar-refractivity contribution is 6.14. The van der Waals surface area contributed by atoms with Crippen molar-refractivity contribution in [3.63, 3.8) is 0 Å². The summed E-state index contributed by atoms with van der Waals surface area (Å²) in [4.78, 5) is 51.1. The molecule has 9 aromatic rings. The van der Waals surface area contributed by atoms with E-state index in [1.54, 1.807) is 62.4 Å². The Balaban J connectivity index is 0.000000133. The number of nitrogens with zero attached hydrogens (tertiary/aromatic N) is 14. The number of halogens is 9. The molecule has 0 aromatic carbocycles. The molecule has 3 fully saturated rings. The highest BCUT2D eigenvalue weighted by Crippen LogP contribution is 2.43. The van der Waals surface area contributed by atoms with Crippen LogP contribution in [0.1, 0.15) is 144 Å². The Morgan fingerprint density at radius 3 is 1.65 bits per heavy atom. The van der Waals surface area contributed by atoms with Crippen LogP contribution in [0.25, 0.3) is 45.4 Å². The molecule has 6 N–H and O–H groups in total. The van der Waals surface area contributed by atoms with Gasteiger partial charge in [-0.1, -0.05) is 34.6 Å². The van der Waals surface area contributed by atoms with Gasteiger partial charge in [-0.2, -0.15) is 44.5 Å². The van der Waals surface area contributed by atoms with Gasteiger partial charge in [-0.15, -0.1) is 0 Å². The summed E-state index contributed by atoms with van der Waals surface area (Å²) in [6.07, 6.45) is 1.37. The van der Waals surface area contributed by atoms with Gasteiger partial charge < -0.3 is 45.4 Å². The first kappa shape index (κ1) is 67.6. The number of alkyl halides is 9. The second-order valence-electron chi connectivity index (χ2n) is 25.5. The molecule has 0 saturated carbocycles. The zero-order valence-electron chi connectivity index (χ0n) is 54.4. The molecule has 15 rings (SSSR count). The fourth-order valence-electron chi connectivity index (χ4n) is 12.5. The normalized spacial score (nSPS) is 19.5. The standard InChI is InChI=1S/C23H24F3N7O.C22H22F3N7O.C22H21F3N6O/c1-12-15(11-34-33-12)17-5-4-14-18(31-17)10-27-19(14)20-16(23(24,25)26)9-28-21(32-20)30-13-6-7-22(2,3)29-8-13;1-11-3-4-13(9-26-11)29-21-27-10-16(22(23,24)25)19(31-21)15-6-7-17-14(15)5-8-18(30-17)20-28-12(2)33-32-20;1-12-20(32-11-28-12)18-7-4-14-15(5-6-17(14)30-18)19-16(22(23,24)25)10-27-21(31-19)29-13-3-2-8-26-9-13/h4-5,9,11,13,29H,6-8,10H2,1-3H3,(H,28,30,32);5-6,8,10-11,13,26H,3-4,7,9H2,1-2H3,(H,27,29,31);4-5,7,10-11,13,26H,2-3,6,8-9H2,1H3,(H,27,29,31)/t13-;11-,13-;13-/m010/s1. The molecule has 516 valence electrons. The number of rotatable bonds is 12. The third kappa shape index (κ3) is 15.1. The van der Waals surface area contributed by atoms with E-state index in [0.29, 0.717) is 123 Å². The molecule has 99 heavy (non-hydrogen) atoms. The summed E-state index contributed by atoms with van der Waals surface area (Å²) in [7, 11) is 0. The molecular weight excluding hydrogens is 1300 g/mol. The van der Waals surface area contributed by atoms with Crippen molar-refractivity contribution < 1.29 is 53.0 Å². The van der Waals surface area contributed by atoms with Crippen LogP contribution in [-0.4, -0.2) is 127 Å². The minimum absolute atomic E-state index is 0.0199. The van der Waals surface area contributed by atoms with Crippen molar-refractivity contribution in [2.75, 3.05) is 42.1 Å². The molecular formula is C67H67F9N20O3. The lowest BCUT2D eigenvalue weighted by Gasteiger charge is -2.36. The van der Waals surface area contributed by atoms with Gasteiger partial charge in [-0.05, 0) is 104 Å². The Labute approximate surface area is 560 Å². The number of aromatic nitrogens is 13. The zero-order chi connectivity index (χ0) is 69.5. The van der Waals surface area contributed by atoms with Gasteiger partial charge in [-0.3, -0.25) is 4.99 Å². The van der Waals surface area contributed by atoms with Crippen LogP contribution in [0.4, 0.5) is 57.4 Å². The maximum atomic E-state index is 13.8. The van der Waals surface area contributed by atoms with E-state index in [9.17, 15) is 39.5 Å². The van der Waals surface area contributed by atoms with E-state index in [2.05, 4.69) is 123 Å². The summed E-state index contributed by atoms with van der Waals surface area (Å²) in [5, 5.41) is 27.3. The van der Waals surface area contributed by atoms with Gasteiger partial charge in [0.25, 0.3) is 0 Å². The quantitative estimate of drug-likeness (QED) is 0.0620. The summed E-state index contributed by atoms with van der Waals surface area (Å²) in [5.74, 6) is 1.81. The van der Waals surface area contributed by atoms with Crippen molar-refractivity contribution in [3.8, 4) is 34.2 Å². The summed E-state index contributed by atoms with van der Waals surface area (Å²) in [6.45, 7) is 14.8. The predicted octanol–water partition coefficient (Wildman–Crippen LogP) is 11.9. The van der Waals surface area contributed by atoms with Gasteiger partial charge in [0, 0.05) is 116 Å². The van der Waals surface area contributed by atoms with Crippen LogP contribution in [0.5, 0.6) is 0 Å². The maximum absolute atomic E-state index is 13.8. The lowest BCUT2D eigenvalue weighted by atomic mass is 9.91. The lowest BCUT2D eigenvalue weighted by Crippen LogP contribution is -2.50. The number of aliphatic imine (C=N–C) groups is 1. The Morgan fingerprint density at radius 2 is 1.12 bits per heavy atom. The van der Waals surface area contributed by atoms with Crippen molar-refractivity contribution >= 4 is 34.7 Å². The SMILES string of the molecule is Cc1nc(-c2ccc3c(n2)CC=C3c2nc(N[C@@H]3CC[C@@H](C)NC3)ncc2C(F)(F)F)no1.Cc1ncoc1-c1ccc2c(n1)CC=C2c1nc(N[C@H]2CCCNC2)ncc1C(F)(F)F.Cc1nocc1-c1ccc2c(n1)CN=C2c1nc(N[C@H]2CCC(C)(C)NC2)ncc1C(F)(F)F. The third-order valence-electron chi connectivity index (χ3n) is 17.8. The molecule has 4 atom stereocenters. The number of hydrogen-bond donors (Lipinski definition) is 6. The van der Waals surface area contributed by atoms with Crippen LogP contribution in [0, 0.1) is 20.8 Å². The molecule has 0 unspecified atom stereocenters.